The van der Waals surface area contributed by atoms with Gasteiger partial charge in [-0.3, -0.25) is 4.79 Å². The minimum Gasteiger partial charge on any atom is -0.508 e. The highest BCUT2D eigenvalue weighted by molar-refractivity contribution is 6.01. The largest absolute Gasteiger partial charge is 0.508 e. The number of phenolic OH excluding ortho intramolecular Hbond substituents is 2. The van der Waals surface area contributed by atoms with Crippen molar-refractivity contribution in [3.05, 3.63) is 47.5 Å². The van der Waals surface area contributed by atoms with E-state index >= 15 is 0 Å². The first-order chi connectivity index (χ1) is 12.0. The molecule has 3 rings (SSSR count). The van der Waals surface area contributed by atoms with Crippen molar-refractivity contribution in [2.45, 2.75) is 6.42 Å². The molecule has 0 radical (unpaired) electrons. The van der Waals surface area contributed by atoms with E-state index < -0.39 is 18.4 Å². The smallest absolute Gasteiger partial charge is 0.338 e. The lowest BCUT2D eigenvalue weighted by atomic mass is 10.1. The zero-order chi connectivity index (χ0) is 17.8. The van der Waals surface area contributed by atoms with Crippen LogP contribution < -0.4 is 9.47 Å². The Hall–Kier alpha value is -3.22. The standard InChI is InChI=1S/C18H16O7/c19-12-3-4-13(14(20)9-12)15(21)10-25-18(22)11-2-5-16-17(8-11)24-7-1-6-23-16/h2-5,8-9,19-20H,1,6-7,10H2. The molecule has 130 valence electrons. The van der Waals surface area contributed by atoms with Gasteiger partial charge in [0.25, 0.3) is 0 Å². The summed E-state index contributed by atoms with van der Waals surface area (Å²) in [5.74, 6) is -0.814. The predicted molar refractivity (Wildman–Crippen MR) is 86.4 cm³/mol. The number of phenols is 2. The van der Waals surface area contributed by atoms with E-state index in [1.165, 1.54) is 24.3 Å². The van der Waals surface area contributed by atoms with Crippen LogP contribution in [0.4, 0.5) is 0 Å². The number of fused-ring (bicyclic) bond motifs is 1. The van der Waals surface area contributed by atoms with Crippen LogP contribution >= 0.6 is 0 Å². The van der Waals surface area contributed by atoms with Crippen LogP contribution in [0.3, 0.4) is 0 Å². The van der Waals surface area contributed by atoms with Crippen LogP contribution in [-0.2, 0) is 4.74 Å². The van der Waals surface area contributed by atoms with Crippen molar-refractivity contribution in [1.82, 2.24) is 0 Å². The Kier molecular flexibility index (Phi) is 4.74. The van der Waals surface area contributed by atoms with Gasteiger partial charge in [0.1, 0.15) is 11.5 Å². The van der Waals surface area contributed by atoms with E-state index in [1.807, 2.05) is 0 Å². The van der Waals surface area contributed by atoms with Crippen LogP contribution in [0.2, 0.25) is 0 Å². The molecule has 0 spiro atoms. The molecule has 2 aromatic carbocycles. The number of aromatic hydroxyl groups is 2. The molecule has 0 unspecified atom stereocenters. The monoisotopic (exact) mass is 344 g/mol. The minimum atomic E-state index is -0.692. The Morgan fingerprint density at radius 1 is 1.00 bits per heavy atom. The number of benzene rings is 2. The van der Waals surface area contributed by atoms with Gasteiger partial charge in [0.2, 0.25) is 5.78 Å². The predicted octanol–water partition coefficient (Wildman–Crippen LogP) is 2.30. The Bertz CT molecular complexity index is 813. The van der Waals surface area contributed by atoms with E-state index in [1.54, 1.807) is 6.07 Å². The highest BCUT2D eigenvalue weighted by atomic mass is 16.5. The molecule has 7 heteroatoms. The lowest BCUT2D eigenvalue weighted by molar-refractivity contribution is 0.0473. The molecule has 0 atom stereocenters. The van der Waals surface area contributed by atoms with E-state index in [4.69, 9.17) is 14.2 Å². The molecule has 0 aromatic heterocycles. The van der Waals surface area contributed by atoms with Crippen molar-refractivity contribution in [1.29, 1.82) is 0 Å². The summed E-state index contributed by atoms with van der Waals surface area (Å²) >= 11 is 0. The van der Waals surface area contributed by atoms with Gasteiger partial charge in [0.15, 0.2) is 18.1 Å². The average molecular weight is 344 g/mol. The molecule has 7 nitrogen and oxygen atoms in total. The molecule has 1 aliphatic heterocycles. The summed E-state index contributed by atoms with van der Waals surface area (Å²) in [5, 5.41) is 18.9. The highest BCUT2D eigenvalue weighted by Gasteiger charge is 2.18. The molecule has 0 bridgehead atoms. The third-order valence-corrected chi connectivity index (χ3v) is 3.60. The van der Waals surface area contributed by atoms with Crippen LogP contribution in [0.1, 0.15) is 27.1 Å². The topological polar surface area (TPSA) is 102 Å². The Morgan fingerprint density at radius 2 is 1.76 bits per heavy atom. The van der Waals surface area contributed by atoms with E-state index in [-0.39, 0.29) is 22.6 Å². The van der Waals surface area contributed by atoms with Gasteiger partial charge in [-0.15, -0.1) is 0 Å². The van der Waals surface area contributed by atoms with Crippen molar-refractivity contribution in [3.63, 3.8) is 0 Å². The summed E-state index contributed by atoms with van der Waals surface area (Å²) in [4.78, 5) is 24.1. The van der Waals surface area contributed by atoms with E-state index in [0.717, 1.165) is 12.5 Å². The minimum absolute atomic E-state index is 0.0377. The maximum atomic E-state index is 12.1. The number of ether oxygens (including phenoxy) is 3. The fraction of sp³-hybridized carbons (Fsp3) is 0.222. The number of Topliss-reactive ketones (excluding diaryl/α,β-unsaturated/α-hetero) is 1. The maximum absolute atomic E-state index is 12.1. The maximum Gasteiger partial charge on any atom is 0.338 e. The van der Waals surface area contributed by atoms with E-state index in [0.29, 0.717) is 24.7 Å². The van der Waals surface area contributed by atoms with Gasteiger partial charge < -0.3 is 24.4 Å². The molecule has 1 heterocycles. The fourth-order valence-corrected chi connectivity index (χ4v) is 2.34. The number of hydrogen-bond acceptors (Lipinski definition) is 7. The second kappa shape index (κ2) is 7.12. The molecule has 0 saturated heterocycles. The second-order valence-corrected chi connectivity index (χ2v) is 5.41. The molecule has 0 saturated carbocycles. The first-order valence-electron chi connectivity index (χ1n) is 7.66. The summed E-state index contributed by atoms with van der Waals surface area (Å²) in [6, 6.07) is 8.21. The molecule has 0 amide bonds. The third kappa shape index (κ3) is 3.82. The second-order valence-electron chi connectivity index (χ2n) is 5.41. The highest BCUT2D eigenvalue weighted by Crippen LogP contribution is 2.30. The zero-order valence-electron chi connectivity index (χ0n) is 13.2. The Balaban J connectivity index is 1.66. The Morgan fingerprint density at radius 3 is 2.52 bits per heavy atom. The van der Waals surface area contributed by atoms with Gasteiger partial charge in [-0.1, -0.05) is 0 Å². The number of carbonyl (C=O) groups is 2. The molecule has 2 aromatic rings. The van der Waals surface area contributed by atoms with Crippen LogP contribution in [-0.4, -0.2) is 41.8 Å². The normalized spacial score (nSPS) is 13.0. The first kappa shape index (κ1) is 16.6. The Labute approximate surface area is 143 Å². The van der Waals surface area contributed by atoms with Gasteiger partial charge in [0, 0.05) is 12.5 Å². The van der Waals surface area contributed by atoms with Gasteiger partial charge >= 0.3 is 5.97 Å². The zero-order valence-corrected chi connectivity index (χ0v) is 13.2. The van der Waals surface area contributed by atoms with Crippen molar-refractivity contribution < 1.29 is 34.0 Å². The molecule has 2 N–H and O–H groups in total. The molecule has 0 fully saturated rings. The lowest BCUT2D eigenvalue weighted by Gasteiger charge is -2.09. The van der Waals surface area contributed by atoms with Crippen LogP contribution in [0.5, 0.6) is 23.0 Å². The third-order valence-electron chi connectivity index (χ3n) is 3.60. The van der Waals surface area contributed by atoms with Crippen molar-refractivity contribution in [2.24, 2.45) is 0 Å². The summed E-state index contributed by atoms with van der Waals surface area (Å²) in [7, 11) is 0. The number of ketones is 1. The summed E-state index contributed by atoms with van der Waals surface area (Å²) in [5.41, 5.74) is 0.191. The number of rotatable bonds is 4. The fourth-order valence-electron chi connectivity index (χ4n) is 2.34. The summed E-state index contributed by atoms with van der Waals surface area (Å²) < 4.78 is 16.0. The summed E-state index contributed by atoms with van der Waals surface area (Å²) in [6.45, 7) is 0.497. The molecule has 25 heavy (non-hydrogen) atoms. The average Bonchev–Trinajstić information content (AvgIpc) is 2.84. The van der Waals surface area contributed by atoms with Crippen molar-refractivity contribution in [2.75, 3.05) is 19.8 Å². The molecular weight excluding hydrogens is 328 g/mol. The van der Waals surface area contributed by atoms with E-state index in [9.17, 15) is 19.8 Å². The number of hydrogen-bond donors (Lipinski definition) is 2. The van der Waals surface area contributed by atoms with Crippen molar-refractivity contribution in [3.8, 4) is 23.0 Å². The van der Waals surface area contributed by atoms with Gasteiger partial charge in [-0.2, -0.15) is 0 Å². The number of carbonyl (C=O) groups excluding carboxylic acids is 2. The van der Waals surface area contributed by atoms with Gasteiger partial charge in [0.05, 0.1) is 24.3 Å². The SMILES string of the molecule is O=C(OCC(=O)c1ccc(O)cc1O)c1ccc2c(c1)OCCCO2. The summed E-state index contributed by atoms with van der Waals surface area (Å²) in [6.07, 6.45) is 0.749. The first-order valence-corrected chi connectivity index (χ1v) is 7.66. The van der Waals surface area contributed by atoms with E-state index in [2.05, 4.69) is 0 Å². The molecule has 0 aliphatic carbocycles. The van der Waals surface area contributed by atoms with Gasteiger partial charge in [-0.05, 0) is 30.3 Å². The van der Waals surface area contributed by atoms with Crippen LogP contribution in [0.15, 0.2) is 36.4 Å². The van der Waals surface area contributed by atoms with Crippen LogP contribution in [0, 0.1) is 0 Å². The lowest BCUT2D eigenvalue weighted by Crippen LogP contribution is -2.14. The van der Waals surface area contributed by atoms with Crippen LogP contribution in [0.25, 0.3) is 0 Å². The quantitative estimate of drug-likeness (QED) is 0.648. The number of esters is 1. The van der Waals surface area contributed by atoms with Crippen molar-refractivity contribution >= 4 is 11.8 Å². The molecular formula is C18H16O7. The molecule has 1 aliphatic rings. The van der Waals surface area contributed by atoms with Gasteiger partial charge in [-0.25, -0.2) is 4.79 Å².